The first-order valence-electron chi connectivity index (χ1n) is 8.75. The summed E-state index contributed by atoms with van der Waals surface area (Å²) in [5.74, 6) is -1.28. The maximum atomic E-state index is 13.7. The topological polar surface area (TPSA) is 64.6 Å². The fraction of sp³-hybridized carbons (Fsp3) is 0.333. The zero-order valence-electron chi connectivity index (χ0n) is 15.7. The zero-order valence-corrected chi connectivity index (χ0v) is 15.7. The third kappa shape index (κ3) is 6.09. The van der Waals surface area contributed by atoms with E-state index >= 15 is 0 Å². The highest BCUT2D eigenvalue weighted by Gasteiger charge is 2.19. The Balaban J connectivity index is 1.81. The molecule has 0 radical (unpaired) electrons. The molecule has 0 saturated carbocycles. The van der Waals surface area contributed by atoms with Crippen LogP contribution in [-0.2, 0) is 20.7 Å². The van der Waals surface area contributed by atoms with Crippen LogP contribution >= 0.6 is 0 Å². The number of carbonyl (C=O) groups excluding carboxylic acids is 2. The highest BCUT2D eigenvalue weighted by atomic mass is 19.1. The van der Waals surface area contributed by atoms with Crippen molar-refractivity contribution < 1.29 is 23.5 Å². The monoisotopic (exact) mass is 373 g/mol. The summed E-state index contributed by atoms with van der Waals surface area (Å²) >= 11 is 0. The number of methoxy groups -OCH3 is 1. The van der Waals surface area contributed by atoms with Crippen LogP contribution in [0, 0.1) is 5.82 Å². The first kappa shape index (κ1) is 20.4. The molecule has 0 unspecified atom stereocenters. The molecule has 6 heteroatoms. The van der Waals surface area contributed by atoms with Crippen LogP contribution < -0.4 is 10.1 Å². The van der Waals surface area contributed by atoms with Gasteiger partial charge in [-0.1, -0.05) is 43.3 Å². The number of benzene rings is 2. The average molecular weight is 373 g/mol. The van der Waals surface area contributed by atoms with Crippen molar-refractivity contribution in [2.24, 2.45) is 0 Å². The Morgan fingerprint density at radius 3 is 2.44 bits per heavy atom. The van der Waals surface area contributed by atoms with Gasteiger partial charge < -0.3 is 14.8 Å². The Morgan fingerprint density at radius 2 is 1.81 bits per heavy atom. The van der Waals surface area contributed by atoms with Crippen molar-refractivity contribution in [2.45, 2.75) is 32.3 Å². The molecule has 27 heavy (non-hydrogen) atoms. The van der Waals surface area contributed by atoms with E-state index in [1.165, 1.54) is 26.2 Å². The SMILES string of the molecule is COc1ccc(CC(=O)O[C@H](C)C(=O)NC[C@H](C)c2ccccc2)cc1F. The molecule has 0 aliphatic carbocycles. The molecule has 0 heterocycles. The van der Waals surface area contributed by atoms with Gasteiger partial charge in [0.15, 0.2) is 17.7 Å². The second kappa shape index (κ2) is 9.71. The number of amides is 1. The molecule has 0 saturated heterocycles. The number of esters is 1. The molecule has 5 nitrogen and oxygen atoms in total. The van der Waals surface area contributed by atoms with E-state index in [9.17, 15) is 14.0 Å². The largest absolute Gasteiger partial charge is 0.494 e. The van der Waals surface area contributed by atoms with Gasteiger partial charge in [-0.3, -0.25) is 9.59 Å². The number of ether oxygens (including phenoxy) is 2. The third-order valence-corrected chi connectivity index (χ3v) is 4.19. The van der Waals surface area contributed by atoms with Gasteiger partial charge >= 0.3 is 5.97 Å². The fourth-order valence-corrected chi connectivity index (χ4v) is 2.58. The van der Waals surface area contributed by atoms with Gasteiger partial charge in [-0.25, -0.2) is 4.39 Å². The summed E-state index contributed by atoms with van der Waals surface area (Å²) < 4.78 is 23.6. The second-order valence-electron chi connectivity index (χ2n) is 6.33. The molecular formula is C21H24FNO4. The minimum atomic E-state index is -0.927. The highest BCUT2D eigenvalue weighted by Crippen LogP contribution is 2.18. The normalized spacial score (nSPS) is 12.7. The Labute approximate surface area is 158 Å². The fourth-order valence-electron chi connectivity index (χ4n) is 2.58. The first-order valence-corrected chi connectivity index (χ1v) is 8.75. The van der Waals surface area contributed by atoms with Crippen LogP contribution in [0.3, 0.4) is 0 Å². The number of hydrogen-bond donors (Lipinski definition) is 1. The van der Waals surface area contributed by atoms with Gasteiger partial charge in [0, 0.05) is 6.54 Å². The molecule has 1 amide bonds. The standard InChI is InChI=1S/C21H24FNO4/c1-14(17-7-5-4-6-8-17)13-23-21(25)15(2)27-20(24)12-16-9-10-19(26-3)18(22)11-16/h4-11,14-15H,12-13H2,1-3H3,(H,23,25)/t14-,15+/m0/s1. The van der Waals surface area contributed by atoms with Gasteiger partial charge in [0.05, 0.1) is 13.5 Å². The van der Waals surface area contributed by atoms with Crippen molar-refractivity contribution in [1.82, 2.24) is 5.32 Å². The summed E-state index contributed by atoms with van der Waals surface area (Å²) in [5.41, 5.74) is 1.56. The Hall–Kier alpha value is -2.89. The van der Waals surface area contributed by atoms with Crippen molar-refractivity contribution in [3.05, 3.63) is 65.5 Å². The Bertz CT molecular complexity index is 779. The van der Waals surface area contributed by atoms with E-state index in [4.69, 9.17) is 9.47 Å². The van der Waals surface area contributed by atoms with Crippen LogP contribution in [-0.4, -0.2) is 31.6 Å². The summed E-state index contributed by atoms with van der Waals surface area (Å²) in [4.78, 5) is 24.1. The van der Waals surface area contributed by atoms with Gasteiger partial charge in [0.2, 0.25) is 0 Å². The quantitative estimate of drug-likeness (QED) is 0.722. The lowest BCUT2D eigenvalue weighted by atomic mass is 10.0. The minimum absolute atomic E-state index is 0.104. The Kier molecular flexibility index (Phi) is 7.34. The number of hydrogen-bond acceptors (Lipinski definition) is 4. The molecular weight excluding hydrogens is 349 g/mol. The number of carbonyl (C=O) groups is 2. The van der Waals surface area contributed by atoms with Gasteiger partial charge in [-0.15, -0.1) is 0 Å². The van der Waals surface area contributed by atoms with E-state index in [1.54, 1.807) is 6.07 Å². The Morgan fingerprint density at radius 1 is 1.11 bits per heavy atom. The summed E-state index contributed by atoms with van der Waals surface area (Å²) in [7, 11) is 1.37. The summed E-state index contributed by atoms with van der Waals surface area (Å²) in [5, 5.41) is 2.78. The van der Waals surface area contributed by atoms with Crippen molar-refractivity contribution in [3.8, 4) is 5.75 Å². The average Bonchev–Trinajstić information content (AvgIpc) is 2.66. The van der Waals surface area contributed by atoms with E-state index in [0.29, 0.717) is 12.1 Å². The summed E-state index contributed by atoms with van der Waals surface area (Å²) in [6, 6.07) is 14.1. The van der Waals surface area contributed by atoms with Gasteiger partial charge in [-0.05, 0) is 36.1 Å². The van der Waals surface area contributed by atoms with E-state index in [-0.39, 0.29) is 24.0 Å². The molecule has 1 N–H and O–H groups in total. The van der Waals surface area contributed by atoms with Crippen LogP contribution in [0.5, 0.6) is 5.75 Å². The number of nitrogens with one attached hydrogen (secondary N) is 1. The molecule has 2 rings (SSSR count). The number of rotatable bonds is 8. The molecule has 0 aromatic heterocycles. The van der Waals surface area contributed by atoms with Gasteiger partial charge in [0.1, 0.15) is 0 Å². The van der Waals surface area contributed by atoms with E-state index < -0.39 is 17.9 Å². The molecule has 0 bridgehead atoms. The predicted octanol–water partition coefficient (Wildman–Crippen LogP) is 3.23. The van der Waals surface area contributed by atoms with Crippen molar-refractivity contribution >= 4 is 11.9 Å². The molecule has 0 fully saturated rings. The molecule has 2 atom stereocenters. The van der Waals surface area contributed by atoms with Crippen LogP contribution in [0.4, 0.5) is 4.39 Å². The maximum absolute atomic E-state index is 13.7. The summed E-state index contributed by atoms with van der Waals surface area (Å²) in [6.45, 7) is 3.95. The maximum Gasteiger partial charge on any atom is 0.311 e. The van der Waals surface area contributed by atoms with E-state index in [2.05, 4.69) is 5.32 Å². The number of halogens is 1. The first-order chi connectivity index (χ1) is 12.9. The molecule has 0 spiro atoms. The lowest BCUT2D eigenvalue weighted by Crippen LogP contribution is -2.37. The smallest absolute Gasteiger partial charge is 0.311 e. The van der Waals surface area contributed by atoms with Crippen LogP contribution in [0.25, 0.3) is 0 Å². The van der Waals surface area contributed by atoms with Crippen molar-refractivity contribution in [3.63, 3.8) is 0 Å². The predicted molar refractivity (Wildman–Crippen MR) is 100 cm³/mol. The molecule has 144 valence electrons. The van der Waals surface area contributed by atoms with Crippen LogP contribution in [0.15, 0.2) is 48.5 Å². The minimum Gasteiger partial charge on any atom is -0.494 e. The highest BCUT2D eigenvalue weighted by molar-refractivity contribution is 5.83. The summed E-state index contributed by atoms with van der Waals surface area (Å²) in [6.07, 6.45) is -1.05. The van der Waals surface area contributed by atoms with E-state index in [1.807, 2.05) is 37.3 Å². The van der Waals surface area contributed by atoms with Crippen LogP contribution in [0.2, 0.25) is 0 Å². The molecule has 2 aromatic carbocycles. The molecule has 0 aliphatic rings. The van der Waals surface area contributed by atoms with Crippen LogP contribution in [0.1, 0.15) is 30.9 Å². The molecule has 0 aliphatic heterocycles. The van der Waals surface area contributed by atoms with E-state index in [0.717, 1.165) is 5.56 Å². The third-order valence-electron chi connectivity index (χ3n) is 4.19. The lowest BCUT2D eigenvalue weighted by Gasteiger charge is -2.17. The van der Waals surface area contributed by atoms with Gasteiger partial charge in [0.25, 0.3) is 5.91 Å². The van der Waals surface area contributed by atoms with Gasteiger partial charge in [-0.2, -0.15) is 0 Å². The lowest BCUT2D eigenvalue weighted by molar-refractivity contribution is -0.154. The molecule has 2 aromatic rings. The zero-order chi connectivity index (χ0) is 19.8. The second-order valence-corrected chi connectivity index (χ2v) is 6.33. The van der Waals surface area contributed by atoms with Crippen molar-refractivity contribution in [1.29, 1.82) is 0 Å². The van der Waals surface area contributed by atoms with Crippen molar-refractivity contribution in [2.75, 3.05) is 13.7 Å².